The number of benzene rings is 2. The third-order valence-electron chi connectivity index (χ3n) is 4.48. The molecule has 0 saturated carbocycles. The van der Waals surface area contributed by atoms with Gasteiger partial charge in [-0.2, -0.15) is 0 Å². The highest BCUT2D eigenvalue weighted by molar-refractivity contribution is 6.35. The van der Waals surface area contributed by atoms with Crippen molar-refractivity contribution in [1.29, 1.82) is 0 Å². The Balaban J connectivity index is 1.54. The van der Waals surface area contributed by atoms with Gasteiger partial charge in [-0.3, -0.25) is 14.4 Å². The maximum atomic E-state index is 12.2. The van der Waals surface area contributed by atoms with Crippen molar-refractivity contribution < 1.29 is 19.1 Å². The van der Waals surface area contributed by atoms with Gasteiger partial charge in [-0.1, -0.05) is 12.1 Å². The molecule has 28 heavy (non-hydrogen) atoms. The number of carbonyl (C=O) groups is 3. The van der Waals surface area contributed by atoms with Gasteiger partial charge >= 0.3 is 11.8 Å². The second-order valence-electron chi connectivity index (χ2n) is 6.60. The topological polar surface area (TPSA) is 79.0 Å². The summed E-state index contributed by atoms with van der Waals surface area (Å²) < 4.78 is 5.78. The van der Waals surface area contributed by atoms with Crippen molar-refractivity contribution in [1.82, 2.24) is 9.80 Å². The summed E-state index contributed by atoms with van der Waals surface area (Å²) in [5, 5.41) is 2.74. The average Bonchev–Trinajstić information content (AvgIpc) is 2.67. The summed E-state index contributed by atoms with van der Waals surface area (Å²) in [7, 11) is 0. The fourth-order valence-corrected chi connectivity index (χ4v) is 2.96. The largest absolute Gasteiger partial charge is 0.457 e. The Morgan fingerprint density at radius 2 is 1.68 bits per heavy atom. The molecule has 1 aliphatic rings. The van der Waals surface area contributed by atoms with Gasteiger partial charge in [0.05, 0.1) is 0 Å². The van der Waals surface area contributed by atoms with Crippen LogP contribution in [0.15, 0.2) is 48.5 Å². The van der Waals surface area contributed by atoms with E-state index in [2.05, 4.69) is 5.32 Å². The molecule has 1 N–H and O–H groups in total. The molecule has 0 aromatic heterocycles. The highest BCUT2D eigenvalue weighted by atomic mass is 16.5. The van der Waals surface area contributed by atoms with E-state index in [4.69, 9.17) is 4.74 Å². The van der Waals surface area contributed by atoms with E-state index >= 15 is 0 Å². The van der Waals surface area contributed by atoms with Crippen LogP contribution in [0.25, 0.3) is 0 Å². The molecule has 0 aliphatic carbocycles. The predicted octanol–water partition coefficient (Wildman–Crippen LogP) is 2.42. The standard InChI is InChI=1S/C21H23N3O4/c1-3-23-11-12-24(21(27)20(23)26)14-19(25)22-16-7-9-17(10-8-16)28-18-6-4-5-15(2)13-18/h4-10,13H,3,11-12,14H2,1-2H3,(H,22,25). The molecular formula is C21H23N3O4. The second kappa shape index (κ2) is 8.56. The number of amides is 3. The average molecular weight is 381 g/mol. The summed E-state index contributed by atoms with van der Waals surface area (Å²) in [6.45, 7) is 4.95. The van der Waals surface area contributed by atoms with E-state index < -0.39 is 11.8 Å². The lowest BCUT2D eigenvalue weighted by Crippen LogP contribution is -2.55. The first-order valence-electron chi connectivity index (χ1n) is 9.19. The Bertz CT molecular complexity index is 879. The van der Waals surface area contributed by atoms with Crippen molar-refractivity contribution in [2.45, 2.75) is 13.8 Å². The molecule has 0 bridgehead atoms. The summed E-state index contributed by atoms with van der Waals surface area (Å²) >= 11 is 0. The minimum Gasteiger partial charge on any atom is -0.457 e. The molecule has 0 unspecified atom stereocenters. The Morgan fingerprint density at radius 3 is 2.36 bits per heavy atom. The van der Waals surface area contributed by atoms with E-state index in [1.807, 2.05) is 38.1 Å². The Labute approximate surface area is 163 Å². The second-order valence-corrected chi connectivity index (χ2v) is 6.60. The third kappa shape index (κ3) is 4.68. The van der Waals surface area contributed by atoms with Gasteiger partial charge in [0.25, 0.3) is 0 Å². The van der Waals surface area contributed by atoms with Crippen molar-refractivity contribution in [3.05, 3.63) is 54.1 Å². The van der Waals surface area contributed by atoms with E-state index in [-0.39, 0.29) is 12.5 Å². The number of carbonyl (C=O) groups excluding carboxylic acids is 3. The highest BCUT2D eigenvalue weighted by Gasteiger charge is 2.32. The van der Waals surface area contributed by atoms with E-state index in [1.54, 1.807) is 24.3 Å². The van der Waals surface area contributed by atoms with Crippen LogP contribution in [0.3, 0.4) is 0 Å². The predicted molar refractivity (Wildman–Crippen MR) is 105 cm³/mol. The van der Waals surface area contributed by atoms with Gasteiger partial charge in [0, 0.05) is 25.3 Å². The van der Waals surface area contributed by atoms with Crippen molar-refractivity contribution in [3.8, 4) is 11.5 Å². The summed E-state index contributed by atoms with van der Waals surface area (Å²) in [5.41, 5.74) is 1.70. The van der Waals surface area contributed by atoms with Crippen LogP contribution in [0.4, 0.5) is 5.69 Å². The van der Waals surface area contributed by atoms with Gasteiger partial charge in [0.2, 0.25) is 5.91 Å². The minimum absolute atomic E-state index is 0.149. The highest BCUT2D eigenvalue weighted by Crippen LogP contribution is 2.23. The number of anilines is 1. The molecule has 146 valence electrons. The zero-order valence-electron chi connectivity index (χ0n) is 16.0. The van der Waals surface area contributed by atoms with E-state index in [1.165, 1.54) is 9.80 Å². The van der Waals surface area contributed by atoms with Gasteiger partial charge < -0.3 is 19.9 Å². The van der Waals surface area contributed by atoms with Crippen LogP contribution in [-0.2, 0) is 14.4 Å². The van der Waals surface area contributed by atoms with Crippen LogP contribution in [0, 0.1) is 6.92 Å². The molecule has 1 heterocycles. The number of nitrogens with zero attached hydrogens (tertiary/aromatic N) is 2. The van der Waals surface area contributed by atoms with Crippen LogP contribution >= 0.6 is 0 Å². The molecule has 0 atom stereocenters. The number of rotatable bonds is 6. The minimum atomic E-state index is -0.634. The van der Waals surface area contributed by atoms with E-state index in [0.717, 1.165) is 11.3 Å². The number of piperazine rings is 1. The SMILES string of the molecule is CCN1CCN(CC(=O)Nc2ccc(Oc3cccc(C)c3)cc2)C(=O)C1=O. The molecule has 2 aromatic carbocycles. The summed E-state index contributed by atoms with van der Waals surface area (Å²) in [6, 6.07) is 14.7. The lowest BCUT2D eigenvalue weighted by molar-refractivity contribution is -0.156. The first kappa shape index (κ1) is 19.4. The molecule has 1 saturated heterocycles. The first-order valence-corrected chi connectivity index (χ1v) is 9.19. The molecule has 1 aliphatic heterocycles. The van der Waals surface area contributed by atoms with Crippen LogP contribution in [-0.4, -0.2) is 53.7 Å². The third-order valence-corrected chi connectivity index (χ3v) is 4.48. The van der Waals surface area contributed by atoms with E-state index in [0.29, 0.717) is 31.1 Å². The molecule has 0 radical (unpaired) electrons. The van der Waals surface area contributed by atoms with Crippen molar-refractivity contribution in [2.75, 3.05) is 31.5 Å². The Hall–Kier alpha value is -3.35. The van der Waals surface area contributed by atoms with Gasteiger partial charge in [0.1, 0.15) is 18.0 Å². The van der Waals surface area contributed by atoms with Crippen molar-refractivity contribution >= 4 is 23.4 Å². The molecule has 3 rings (SSSR count). The molecule has 3 amide bonds. The molecule has 1 fully saturated rings. The lowest BCUT2D eigenvalue weighted by atomic mass is 10.2. The molecule has 2 aromatic rings. The van der Waals surface area contributed by atoms with Gasteiger partial charge in [-0.05, 0) is 55.8 Å². The maximum Gasteiger partial charge on any atom is 0.312 e. The smallest absolute Gasteiger partial charge is 0.312 e. The zero-order chi connectivity index (χ0) is 20.1. The van der Waals surface area contributed by atoms with E-state index in [9.17, 15) is 14.4 Å². The first-order chi connectivity index (χ1) is 13.5. The summed E-state index contributed by atoms with van der Waals surface area (Å²) in [4.78, 5) is 39.0. The fourth-order valence-electron chi connectivity index (χ4n) is 2.96. The van der Waals surface area contributed by atoms with Crippen LogP contribution in [0.5, 0.6) is 11.5 Å². The number of likely N-dealkylation sites (N-methyl/N-ethyl adjacent to an activating group) is 1. The van der Waals surface area contributed by atoms with Crippen molar-refractivity contribution in [2.24, 2.45) is 0 Å². The van der Waals surface area contributed by atoms with Gasteiger partial charge in [-0.25, -0.2) is 0 Å². The maximum absolute atomic E-state index is 12.2. The zero-order valence-corrected chi connectivity index (χ0v) is 16.0. The van der Waals surface area contributed by atoms with Gasteiger partial charge in [0.15, 0.2) is 0 Å². The Kier molecular flexibility index (Phi) is 5.93. The fraction of sp³-hybridized carbons (Fsp3) is 0.286. The van der Waals surface area contributed by atoms with Crippen LogP contribution < -0.4 is 10.1 Å². The van der Waals surface area contributed by atoms with Crippen molar-refractivity contribution in [3.63, 3.8) is 0 Å². The normalized spacial score (nSPS) is 14.2. The molecular weight excluding hydrogens is 358 g/mol. The van der Waals surface area contributed by atoms with Crippen LogP contribution in [0.2, 0.25) is 0 Å². The molecule has 7 nitrogen and oxygen atoms in total. The monoisotopic (exact) mass is 381 g/mol. The molecule has 0 spiro atoms. The number of hydrogen-bond donors (Lipinski definition) is 1. The van der Waals surface area contributed by atoms with Gasteiger partial charge in [-0.15, -0.1) is 0 Å². The lowest BCUT2D eigenvalue weighted by Gasteiger charge is -2.32. The number of ether oxygens (including phenoxy) is 1. The van der Waals surface area contributed by atoms with Crippen LogP contribution in [0.1, 0.15) is 12.5 Å². The number of hydrogen-bond acceptors (Lipinski definition) is 4. The summed E-state index contributed by atoms with van der Waals surface area (Å²) in [5.74, 6) is -0.144. The molecule has 7 heteroatoms. The summed E-state index contributed by atoms with van der Waals surface area (Å²) in [6.07, 6.45) is 0. The quantitative estimate of drug-likeness (QED) is 0.780. The number of nitrogens with one attached hydrogen (secondary N) is 1. The number of aryl methyl sites for hydroxylation is 1. The Morgan fingerprint density at radius 1 is 1.00 bits per heavy atom.